The van der Waals surface area contributed by atoms with Gasteiger partial charge < -0.3 is 58.0 Å². The van der Waals surface area contributed by atoms with E-state index in [-0.39, 0.29) is 17.9 Å². The molecular formula is C82H172N14O6. The van der Waals surface area contributed by atoms with E-state index in [0.717, 1.165) is 222 Å². The van der Waals surface area contributed by atoms with Crippen LogP contribution in [0.4, 0.5) is 0 Å². The van der Waals surface area contributed by atoms with Gasteiger partial charge in [0, 0.05) is 203 Å². The molecule has 11 N–H and O–H groups in total. The first kappa shape index (κ1) is 97.9. The van der Waals surface area contributed by atoms with Crippen LogP contribution in [-0.4, -0.2) is 275 Å². The Morgan fingerprint density at radius 2 is 0.549 bits per heavy atom. The molecule has 0 aromatic rings. The molecule has 3 saturated heterocycles. The number of carbonyl (C=O) groups is 3. The number of nitrogens with two attached hydrogens (primary N) is 4. The maximum Gasteiger partial charge on any atom is 0.307 e. The molecule has 0 spiro atoms. The number of esters is 3. The molecule has 3 rings (SSSR count). The molecule has 606 valence electrons. The van der Waals surface area contributed by atoms with Gasteiger partial charge >= 0.3 is 17.9 Å². The highest BCUT2D eigenvalue weighted by Gasteiger charge is 2.20. The average molecular weight is 1450 g/mol. The van der Waals surface area contributed by atoms with Crippen LogP contribution in [0, 0.1) is 0 Å². The zero-order valence-electron chi connectivity index (χ0n) is 67.6. The van der Waals surface area contributed by atoms with Gasteiger partial charge in [0.1, 0.15) is 0 Å². The molecular weight excluding hydrogens is 1280 g/mol. The lowest BCUT2D eigenvalue weighted by atomic mass is 10.1. The maximum absolute atomic E-state index is 12.2. The van der Waals surface area contributed by atoms with Gasteiger partial charge in [-0.25, -0.2) is 0 Å². The van der Waals surface area contributed by atoms with Crippen molar-refractivity contribution in [2.45, 2.75) is 290 Å². The Balaban J connectivity index is 0.000000765. The number of nitrogens with one attached hydrogen (secondary N) is 3. The van der Waals surface area contributed by atoms with Gasteiger partial charge in [-0.3, -0.25) is 43.8 Å². The highest BCUT2D eigenvalue weighted by Crippen LogP contribution is 2.16. The fourth-order valence-corrected chi connectivity index (χ4v) is 13.8. The monoisotopic (exact) mass is 1450 g/mol. The van der Waals surface area contributed by atoms with Crippen LogP contribution in [-0.2, 0) is 28.6 Å². The smallest absolute Gasteiger partial charge is 0.307 e. The molecule has 3 heterocycles. The second kappa shape index (κ2) is 78.4. The van der Waals surface area contributed by atoms with Crippen molar-refractivity contribution < 1.29 is 28.6 Å². The number of hydrogen-bond donors (Lipinski definition) is 7. The van der Waals surface area contributed by atoms with Crippen molar-refractivity contribution in [3.63, 3.8) is 0 Å². The van der Waals surface area contributed by atoms with Crippen LogP contribution in [0.15, 0.2) is 0 Å². The van der Waals surface area contributed by atoms with E-state index in [9.17, 15) is 14.4 Å². The molecule has 3 aliphatic heterocycles. The van der Waals surface area contributed by atoms with Crippen LogP contribution >= 0.6 is 0 Å². The Hall–Kier alpha value is -2.15. The van der Waals surface area contributed by atoms with Crippen LogP contribution in [0.3, 0.4) is 0 Å². The standard InChI is InChI=1S/C28H58N4O2.2C27H57N5O2/c1-2-3-4-5-6-7-8-9-10-11-12-16-27-34-28(33)17-14-13-15-19-30-20-22-32-25-23-31(21-18-29)24-26-32;1-2-3-4-5-6-7-8-9-10-11-12-13-26-34-27(33)14-17-30(18-15-28)20-23-32-24-21-31(19-16-29)22-25-32;1-2-3-4-5-6-7-8-9-10-11-12-13-26-34-27(33)14-16-29-18-20-31-22-24-32(25-23-31)21-19-30-17-15-28/h30H,2-27,29H2,1H3;2-26,28-29H2,1H3;29-30H,2-26,28H2,1H3. The van der Waals surface area contributed by atoms with E-state index in [0.29, 0.717) is 58.7 Å². The molecule has 0 aromatic heterocycles. The molecule has 0 radical (unpaired) electrons. The molecule has 20 nitrogen and oxygen atoms in total. The van der Waals surface area contributed by atoms with Gasteiger partial charge in [0.2, 0.25) is 0 Å². The highest BCUT2D eigenvalue weighted by atomic mass is 16.5. The topological polar surface area (TPSA) is 242 Å². The summed E-state index contributed by atoms with van der Waals surface area (Å²) in [5, 5.41) is 10.3. The Morgan fingerprint density at radius 1 is 0.265 bits per heavy atom. The first-order chi connectivity index (χ1) is 50.2. The van der Waals surface area contributed by atoms with Crippen LogP contribution in [0.5, 0.6) is 0 Å². The molecule has 0 saturated carbocycles. The number of piperazine rings is 3. The Labute approximate surface area is 629 Å². The number of rotatable bonds is 71. The van der Waals surface area contributed by atoms with Gasteiger partial charge in [0.25, 0.3) is 0 Å². The third-order valence-corrected chi connectivity index (χ3v) is 20.8. The minimum Gasteiger partial charge on any atom is -0.466 e. The number of carbonyl (C=O) groups excluding carboxylic acids is 3. The molecule has 3 aliphatic rings. The van der Waals surface area contributed by atoms with Gasteiger partial charge in [0.05, 0.1) is 32.7 Å². The lowest BCUT2D eigenvalue weighted by molar-refractivity contribution is -0.145. The highest BCUT2D eigenvalue weighted by molar-refractivity contribution is 5.70. The fourth-order valence-electron chi connectivity index (χ4n) is 13.8. The van der Waals surface area contributed by atoms with E-state index < -0.39 is 0 Å². The summed E-state index contributed by atoms with van der Waals surface area (Å²) in [7, 11) is 0. The summed E-state index contributed by atoms with van der Waals surface area (Å²) < 4.78 is 16.2. The number of unbranched alkanes of at least 4 members (excludes halogenated alkanes) is 35. The predicted molar refractivity (Wildman–Crippen MR) is 434 cm³/mol. The first-order valence-electron chi connectivity index (χ1n) is 43.7. The van der Waals surface area contributed by atoms with Crippen LogP contribution in [0.25, 0.3) is 0 Å². The minimum absolute atomic E-state index is 0.00944. The second-order valence-corrected chi connectivity index (χ2v) is 29.9. The van der Waals surface area contributed by atoms with Crippen molar-refractivity contribution in [2.75, 3.05) is 223 Å². The third kappa shape index (κ3) is 67.2. The summed E-state index contributed by atoms with van der Waals surface area (Å²) in [6.07, 6.45) is 52.4. The predicted octanol–water partition coefficient (Wildman–Crippen LogP) is 11.8. The summed E-state index contributed by atoms with van der Waals surface area (Å²) in [5.41, 5.74) is 22.6. The van der Waals surface area contributed by atoms with E-state index in [1.807, 2.05) is 0 Å². The van der Waals surface area contributed by atoms with Crippen LogP contribution in [0.1, 0.15) is 290 Å². The van der Waals surface area contributed by atoms with Crippen LogP contribution < -0.4 is 38.9 Å². The molecule has 0 unspecified atom stereocenters. The zero-order chi connectivity index (χ0) is 73.8. The van der Waals surface area contributed by atoms with Crippen molar-refractivity contribution >= 4 is 17.9 Å². The van der Waals surface area contributed by atoms with Gasteiger partial charge in [-0.15, -0.1) is 0 Å². The summed E-state index contributed by atoms with van der Waals surface area (Å²) >= 11 is 0. The van der Waals surface area contributed by atoms with E-state index >= 15 is 0 Å². The molecule has 0 bridgehead atoms. The normalized spacial score (nSPS) is 15.2. The lowest BCUT2D eigenvalue weighted by Gasteiger charge is -2.35. The number of nitrogens with zero attached hydrogens (tertiary/aromatic N) is 7. The summed E-state index contributed by atoms with van der Waals surface area (Å²) in [4.78, 5) is 53.1. The molecule has 102 heavy (non-hydrogen) atoms. The summed E-state index contributed by atoms with van der Waals surface area (Å²) in [6.45, 7) is 39.4. The van der Waals surface area contributed by atoms with Gasteiger partial charge in [0.15, 0.2) is 0 Å². The molecule has 3 fully saturated rings. The van der Waals surface area contributed by atoms with Crippen molar-refractivity contribution in [3.05, 3.63) is 0 Å². The first-order valence-corrected chi connectivity index (χ1v) is 43.7. The van der Waals surface area contributed by atoms with Gasteiger partial charge in [-0.05, 0) is 38.6 Å². The van der Waals surface area contributed by atoms with Crippen molar-refractivity contribution in [3.8, 4) is 0 Å². The minimum atomic E-state index is -0.0690. The van der Waals surface area contributed by atoms with E-state index in [2.05, 4.69) is 71.0 Å². The van der Waals surface area contributed by atoms with E-state index in [1.165, 1.54) is 212 Å². The molecule has 20 heteroatoms. The Morgan fingerprint density at radius 3 is 0.882 bits per heavy atom. The Kier molecular flexibility index (Phi) is 75.2. The number of hydrogen-bond acceptors (Lipinski definition) is 20. The number of ether oxygens (including phenoxy) is 3. The zero-order valence-corrected chi connectivity index (χ0v) is 67.6. The third-order valence-electron chi connectivity index (χ3n) is 20.8. The SMILES string of the molecule is CCCCCCCCCCCCCCOC(=O)CCCCCNCCN1CCN(CCN)CC1.CCCCCCCCCCCCCCOC(=O)CCN(CCN)CCN1CCN(CCN)CC1.CCCCCCCCCCCCCCOC(=O)CCNCCN1CCN(CCNCCN)CC1. The lowest BCUT2D eigenvalue weighted by Crippen LogP contribution is -2.49. The largest absolute Gasteiger partial charge is 0.466 e. The van der Waals surface area contributed by atoms with E-state index in [1.54, 1.807) is 0 Å². The van der Waals surface area contributed by atoms with Crippen LogP contribution in [0.2, 0.25) is 0 Å². The second-order valence-electron chi connectivity index (χ2n) is 29.9. The quantitative estimate of drug-likeness (QED) is 0.0170. The summed E-state index contributed by atoms with van der Waals surface area (Å²) in [6, 6.07) is 0. The van der Waals surface area contributed by atoms with Crippen molar-refractivity contribution in [2.24, 2.45) is 22.9 Å². The van der Waals surface area contributed by atoms with Crippen molar-refractivity contribution in [1.82, 2.24) is 50.2 Å². The van der Waals surface area contributed by atoms with Gasteiger partial charge in [-0.1, -0.05) is 239 Å². The molecule has 0 aliphatic carbocycles. The molecule has 0 atom stereocenters. The average Bonchev–Trinajstić information content (AvgIpc) is 0.968. The molecule has 0 amide bonds. The molecule has 0 aromatic carbocycles. The van der Waals surface area contributed by atoms with Crippen molar-refractivity contribution in [1.29, 1.82) is 0 Å². The fraction of sp³-hybridized carbons (Fsp3) is 0.963. The maximum atomic E-state index is 12.2. The van der Waals surface area contributed by atoms with Gasteiger partial charge in [-0.2, -0.15) is 0 Å². The Bertz CT molecular complexity index is 1720. The summed E-state index contributed by atoms with van der Waals surface area (Å²) in [5.74, 6) is -0.141. The van der Waals surface area contributed by atoms with E-state index in [4.69, 9.17) is 37.1 Å².